The van der Waals surface area contributed by atoms with Crippen molar-refractivity contribution in [2.24, 2.45) is 0 Å². The molecule has 0 bridgehead atoms. The molecule has 2 heterocycles. The number of ether oxygens (including phenoxy) is 4. The van der Waals surface area contributed by atoms with Gasteiger partial charge in [0.05, 0.1) is 26.0 Å². The van der Waals surface area contributed by atoms with Gasteiger partial charge in [-0.2, -0.15) is 4.98 Å². The van der Waals surface area contributed by atoms with Crippen LogP contribution in [0, 0.1) is 0 Å². The van der Waals surface area contributed by atoms with Crippen molar-refractivity contribution in [1.82, 2.24) is 14.9 Å². The molecule has 3 aromatic rings. The molecule has 10 heteroatoms. The van der Waals surface area contributed by atoms with Crippen LogP contribution >= 0.6 is 0 Å². The van der Waals surface area contributed by atoms with E-state index in [-0.39, 0.29) is 6.10 Å². The second kappa shape index (κ2) is 12.2. The van der Waals surface area contributed by atoms with Gasteiger partial charge < -0.3 is 29.2 Å². The van der Waals surface area contributed by atoms with Gasteiger partial charge in [0, 0.05) is 30.9 Å². The third kappa shape index (κ3) is 6.83. The third-order valence-electron chi connectivity index (χ3n) is 5.46. The van der Waals surface area contributed by atoms with E-state index in [1.165, 1.54) is 4.90 Å². The highest BCUT2D eigenvalue weighted by Crippen LogP contribution is 2.29. The van der Waals surface area contributed by atoms with Gasteiger partial charge in [0.25, 0.3) is 0 Å². The standard InChI is InChI=1S/C26H31N5O5/c1-30(2)15-17-35-22-8-4-19(5-9-22)28-25-27-14-12-24(29-25)31(20-6-10-21(33-3)11-7-20)26(32)36-23-13-16-34-18-23/h4-12,14,23H,13,15-18H2,1-3H3,(H,27,28,29)/t23-/m0/s1. The molecule has 0 spiro atoms. The lowest BCUT2D eigenvalue weighted by Gasteiger charge is -2.23. The van der Waals surface area contributed by atoms with E-state index in [0.717, 1.165) is 18.0 Å². The van der Waals surface area contributed by atoms with E-state index in [1.54, 1.807) is 43.6 Å². The molecule has 1 saturated heterocycles. The summed E-state index contributed by atoms with van der Waals surface area (Å²) < 4.78 is 22.0. The van der Waals surface area contributed by atoms with Crippen molar-refractivity contribution >= 4 is 29.2 Å². The van der Waals surface area contributed by atoms with Crippen molar-refractivity contribution in [3.05, 3.63) is 60.8 Å². The van der Waals surface area contributed by atoms with Gasteiger partial charge in [-0.1, -0.05) is 0 Å². The van der Waals surface area contributed by atoms with E-state index < -0.39 is 6.09 Å². The number of anilines is 4. The Morgan fingerprint density at radius 3 is 2.50 bits per heavy atom. The van der Waals surface area contributed by atoms with Crippen LogP contribution in [-0.4, -0.2) is 74.6 Å². The summed E-state index contributed by atoms with van der Waals surface area (Å²) >= 11 is 0. The fourth-order valence-corrected chi connectivity index (χ4v) is 3.51. The van der Waals surface area contributed by atoms with E-state index in [9.17, 15) is 4.79 Å². The fraction of sp³-hybridized carbons (Fsp3) is 0.346. The topological polar surface area (TPSA) is 98.3 Å². The highest BCUT2D eigenvalue weighted by molar-refractivity contribution is 5.95. The normalized spacial score (nSPS) is 14.9. The van der Waals surface area contributed by atoms with Crippen LogP contribution in [0.15, 0.2) is 60.8 Å². The maximum atomic E-state index is 13.2. The number of amides is 1. The zero-order chi connectivity index (χ0) is 25.3. The third-order valence-corrected chi connectivity index (χ3v) is 5.46. The van der Waals surface area contributed by atoms with Crippen molar-refractivity contribution in [2.45, 2.75) is 12.5 Å². The zero-order valence-electron chi connectivity index (χ0n) is 20.7. The van der Waals surface area contributed by atoms with Crippen molar-refractivity contribution in [3.8, 4) is 11.5 Å². The molecular weight excluding hydrogens is 462 g/mol. The minimum atomic E-state index is -0.542. The number of carbonyl (C=O) groups excluding carboxylic acids is 1. The summed E-state index contributed by atoms with van der Waals surface area (Å²) in [6.45, 7) is 2.39. The molecular formula is C26H31N5O5. The van der Waals surface area contributed by atoms with Gasteiger partial charge in [-0.05, 0) is 62.6 Å². The number of likely N-dealkylation sites (N-methyl/N-ethyl adjacent to an activating group) is 1. The Balaban J connectivity index is 1.51. The molecule has 1 aliphatic heterocycles. The number of nitrogens with zero attached hydrogens (tertiary/aromatic N) is 4. The smallest absolute Gasteiger partial charge is 0.420 e. The van der Waals surface area contributed by atoms with Gasteiger partial charge in [-0.25, -0.2) is 14.7 Å². The summed E-state index contributed by atoms with van der Waals surface area (Å²) in [5.41, 5.74) is 1.37. The van der Waals surface area contributed by atoms with Crippen LogP contribution in [0.1, 0.15) is 6.42 Å². The largest absolute Gasteiger partial charge is 0.497 e. The first-order chi connectivity index (χ1) is 17.5. The quantitative estimate of drug-likeness (QED) is 0.445. The van der Waals surface area contributed by atoms with Gasteiger partial charge >= 0.3 is 6.09 Å². The lowest BCUT2D eigenvalue weighted by molar-refractivity contribution is 0.0898. The Kier molecular flexibility index (Phi) is 8.53. The van der Waals surface area contributed by atoms with Crippen molar-refractivity contribution in [3.63, 3.8) is 0 Å². The molecule has 0 unspecified atom stereocenters. The van der Waals surface area contributed by atoms with Crippen LogP contribution < -0.4 is 19.7 Å². The average molecular weight is 494 g/mol. The van der Waals surface area contributed by atoms with E-state index in [1.807, 2.05) is 38.4 Å². The molecule has 1 aromatic heterocycles. The van der Waals surface area contributed by atoms with Crippen molar-refractivity contribution < 1.29 is 23.7 Å². The van der Waals surface area contributed by atoms with Crippen molar-refractivity contribution in [1.29, 1.82) is 0 Å². The molecule has 0 radical (unpaired) electrons. The first-order valence-electron chi connectivity index (χ1n) is 11.7. The summed E-state index contributed by atoms with van der Waals surface area (Å²) in [5.74, 6) is 2.16. The number of rotatable bonds is 10. The molecule has 4 rings (SSSR count). The molecule has 36 heavy (non-hydrogen) atoms. The van der Waals surface area contributed by atoms with Crippen LogP contribution in [0.5, 0.6) is 11.5 Å². The summed E-state index contributed by atoms with van der Waals surface area (Å²) in [6, 6.07) is 16.3. The predicted octanol–water partition coefficient (Wildman–Crippen LogP) is 4.23. The van der Waals surface area contributed by atoms with Crippen LogP contribution in [0.2, 0.25) is 0 Å². The second-order valence-corrected chi connectivity index (χ2v) is 8.44. The SMILES string of the molecule is COc1ccc(N(C(=O)O[C@H]2CCOC2)c2ccnc(Nc3ccc(OCCN(C)C)cc3)n2)cc1. The van der Waals surface area contributed by atoms with E-state index in [0.29, 0.717) is 49.4 Å². The minimum absolute atomic E-state index is 0.295. The lowest BCUT2D eigenvalue weighted by atomic mass is 10.2. The zero-order valence-corrected chi connectivity index (χ0v) is 20.7. The molecule has 1 fully saturated rings. The number of hydrogen-bond acceptors (Lipinski definition) is 9. The average Bonchev–Trinajstić information content (AvgIpc) is 3.39. The maximum Gasteiger partial charge on any atom is 0.420 e. The lowest BCUT2D eigenvalue weighted by Crippen LogP contribution is -2.31. The Morgan fingerprint density at radius 1 is 1.08 bits per heavy atom. The van der Waals surface area contributed by atoms with Gasteiger partial charge in [0.15, 0.2) is 0 Å². The van der Waals surface area contributed by atoms with Gasteiger partial charge in [0.1, 0.15) is 30.0 Å². The summed E-state index contributed by atoms with van der Waals surface area (Å²) in [7, 11) is 5.60. The molecule has 0 aliphatic carbocycles. The molecule has 1 atom stereocenters. The first kappa shape index (κ1) is 25.2. The second-order valence-electron chi connectivity index (χ2n) is 8.44. The number of aromatic nitrogens is 2. The number of carbonyl (C=O) groups is 1. The highest BCUT2D eigenvalue weighted by atomic mass is 16.6. The molecule has 1 aliphatic rings. The Labute approximate surface area is 210 Å². The monoisotopic (exact) mass is 493 g/mol. The van der Waals surface area contributed by atoms with E-state index in [2.05, 4.69) is 20.2 Å². The number of nitrogens with one attached hydrogen (secondary N) is 1. The summed E-state index contributed by atoms with van der Waals surface area (Å²) in [5, 5.41) is 3.18. The van der Waals surface area contributed by atoms with Crippen LogP contribution in [0.3, 0.4) is 0 Å². The highest BCUT2D eigenvalue weighted by Gasteiger charge is 2.27. The van der Waals surface area contributed by atoms with Gasteiger partial charge in [-0.3, -0.25) is 0 Å². The van der Waals surface area contributed by atoms with Gasteiger partial charge in [-0.15, -0.1) is 0 Å². The van der Waals surface area contributed by atoms with E-state index in [4.69, 9.17) is 18.9 Å². The minimum Gasteiger partial charge on any atom is -0.497 e. The van der Waals surface area contributed by atoms with Crippen LogP contribution in [-0.2, 0) is 9.47 Å². The first-order valence-corrected chi connectivity index (χ1v) is 11.7. The molecule has 1 amide bonds. The Bertz CT molecular complexity index is 1120. The predicted molar refractivity (Wildman–Crippen MR) is 137 cm³/mol. The molecule has 190 valence electrons. The van der Waals surface area contributed by atoms with Crippen molar-refractivity contribution in [2.75, 3.05) is 57.8 Å². The molecule has 10 nitrogen and oxygen atoms in total. The van der Waals surface area contributed by atoms with Crippen LogP contribution in [0.4, 0.5) is 27.9 Å². The van der Waals surface area contributed by atoms with Crippen LogP contribution in [0.25, 0.3) is 0 Å². The molecule has 2 aromatic carbocycles. The molecule has 1 N–H and O–H groups in total. The molecule has 0 saturated carbocycles. The summed E-state index contributed by atoms with van der Waals surface area (Å²) in [4.78, 5) is 25.6. The number of benzene rings is 2. The number of hydrogen-bond donors (Lipinski definition) is 1. The summed E-state index contributed by atoms with van der Waals surface area (Å²) in [6.07, 6.45) is 1.41. The Morgan fingerprint density at radius 2 is 1.83 bits per heavy atom. The Hall–Kier alpha value is -3.89. The van der Waals surface area contributed by atoms with E-state index >= 15 is 0 Å². The number of methoxy groups -OCH3 is 1. The fourth-order valence-electron chi connectivity index (χ4n) is 3.51. The maximum absolute atomic E-state index is 13.2. The van der Waals surface area contributed by atoms with Gasteiger partial charge in [0.2, 0.25) is 5.95 Å².